The third-order valence-electron chi connectivity index (χ3n) is 4.34. The standard InChI is InChI=1S/C17H26FNO/c1-3-5-14-6-4-10-19(11-9-14)17-8-7-15(13(2)20)12-16(17)18/h7-8,12-14,20H,3-6,9-11H2,1-2H3/t13-,14?/m1/s1. The number of nitrogens with zero attached hydrogens (tertiary/aromatic N) is 1. The maximum absolute atomic E-state index is 14.2. The summed E-state index contributed by atoms with van der Waals surface area (Å²) in [6.07, 6.45) is 5.47. The van der Waals surface area contributed by atoms with Crippen molar-refractivity contribution in [3.8, 4) is 0 Å². The van der Waals surface area contributed by atoms with Gasteiger partial charge in [0, 0.05) is 13.1 Å². The van der Waals surface area contributed by atoms with Gasteiger partial charge in [-0.05, 0) is 49.8 Å². The van der Waals surface area contributed by atoms with E-state index in [1.807, 2.05) is 12.1 Å². The Morgan fingerprint density at radius 2 is 2.15 bits per heavy atom. The quantitative estimate of drug-likeness (QED) is 0.889. The van der Waals surface area contributed by atoms with Gasteiger partial charge in [0.25, 0.3) is 0 Å². The van der Waals surface area contributed by atoms with Gasteiger partial charge < -0.3 is 10.0 Å². The van der Waals surface area contributed by atoms with Gasteiger partial charge in [-0.1, -0.05) is 25.8 Å². The Morgan fingerprint density at radius 3 is 2.80 bits per heavy atom. The smallest absolute Gasteiger partial charge is 0.146 e. The molecule has 0 aromatic heterocycles. The second-order valence-electron chi connectivity index (χ2n) is 5.96. The highest BCUT2D eigenvalue weighted by molar-refractivity contribution is 5.49. The van der Waals surface area contributed by atoms with Crippen molar-refractivity contribution in [2.75, 3.05) is 18.0 Å². The molecule has 0 bridgehead atoms. The Balaban J connectivity index is 2.07. The minimum absolute atomic E-state index is 0.211. The lowest BCUT2D eigenvalue weighted by Gasteiger charge is -2.24. The zero-order valence-corrected chi connectivity index (χ0v) is 12.6. The molecule has 112 valence electrons. The summed E-state index contributed by atoms with van der Waals surface area (Å²) >= 11 is 0. The molecule has 1 aliphatic rings. The molecule has 0 saturated carbocycles. The normalized spacial score (nSPS) is 21.6. The summed E-state index contributed by atoms with van der Waals surface area (Å²) < 4.78 is 14.2. The van der Waals surface area contributed by atoms with E-state index in [0.29, 0.717) is 11.3 Å². The van der Waals surface area contributed by atoms with Crippen molar-refractivity contribution in [1.29, 1.82) is 0 Å². The molecule has 20 heavy (non-hydrogen) atoms. The second-order valence-corrected chi connectivity index (χ2v) is 5.96. The van der Waals surface area contributed by atoms with Crippen molar-refractivity contribution in [2.45, 2.75) is 52.1 Å². The SMILES string of the molecule is CCCC1CCCN(c2ccc([C@@H](C)O)cc2F)CC1. The molecule has 0 radical (unpaired) electrons. The molecule has 0 spiro atoms. The minimum Gasteiger partial charge on any atom is -0.389 e. The van der Waals surface area contributed by atoms with Gasteiger partial charge in [0.2, 0.25) is 0 Å². The molecule has 1 unspecified atom stereocenters. The molecule has 1 aromatic rings. The van der Waals surface area contributed by atoms with Gasteiger partial charge in [0.05, 0.1) is 11.8 Å². The van der Waals surface area contributed by atoms with E-state index in [2.05, 4.69) is 11.8 Å². The molecular formula is C17H26FNO. The van der Waals surface area contributed by atoms with E-state index in [0.717, 1.165) is 31.8 Å². The van der Waals surface area contributed by atoms with Crippen LogP contribution in [-0.2, 0) is 0 Å². The van der Waals surface area contributed by atoms with Gasteiger partial charge in [0.1, 0.15) is 5.82 Å². The zero-order chi connectivity index (χ0) is 14.5. The molecular weight excluding hydrogens is 253 g/mol. The third kappa shape index (κ3) is 3.72. The van der Waals surface area contributed by atoms with Crippen molar-refractivity contribution in [2.24, 2.45) is 5.92 Å². The van der Waals surface area contributed by atoms with E-state index in [1.165, 1.54) is 25.3 Å². The van der Waals surface area contributed by atoms with Crippen LogP contribution < -0.4 is 4.90 Å². The Labute approximate surface area is 121 Å². The number of halogens is 1. The number of anilines is 1. The Kier molecular flexibility index (Phi) is 5.41. The summed E-state index contributed by atoms with van der Waals surface area (Å²) in [5.74, 6) is 0.585. The van der Waals surface area contributed by atoms with Gasteiger partial charge in [-0.25, -0.2) is 4.39 Å². The van der Waals surface area contributed by atoms with Crippen molar-refractivity contribution in [3.63, 3.8) is 0 Å². The topological polar surface area (TPSA) is 23.5 Å². The highest BCUT2D eigenvalue weighted by Gasteiger charge is 2.19. The average Bonchev–Trinajstić information content (AvgIpc) is 2.65. The summed E-state index contributed by atoms with van der Waals surface area (Å²) in [5, 5.41) is 9.51. The largest absolute Gasteiger partial charge is 0.389 e. The zero-order valence-electron chi connectivity index (χ0n) is 12.6. The van der Waals surface area contributed by atoms with Gasteiger partial charge in [-0.2, -0.15) is 0 Å². The van der Waals surface area contributed by atoms with Gasteiger partial charge >= 0.3 is 0 Å². The molecule has 0 amide bonds. The fraction of sp³-hybridized carbons (Fsp3) is 0.647. The molecule has 2 nitrogen and oxygen atoms in total. The number of aliphatic hydroxyl groups excluding tert-OH is 1. The first-order valence-corrected chi connectivity index (χ1v) is 7.84. The van der Waals surface area contributed by atoms with E-state index in [4.69, 9.17) is 0 Å². The summed E-state index contributed by atoms with van der Waals surface area (Å²) in [5.41, 5.74) is 1.33. The predicted octanol–water partition coefficient (Wildman–Crippen LogP) is 4.29. The van der Waals surface area contributed by atoms with Crippen LogP contribution in [0.25, 0.3) is 0 Å². The van der Waals surface area contributed by atoms with Crippen LogP contribution in [0.4, 0.5) is 10.1 Å². The van der Waals surface area contributed by atoms with Gasteiger partial charge in [-0.15, -0.1) is 0 Å². The van der Waals surface area contributed by atoms with E-state index in [1.54, 1.807) is 6.92 Å². The first kappa shape index (κ1) is 15.3. The van der Waals surface area contributed by atoms with E-state index >= 15 is 0 Å². The van der Waals surface area contributed by atoms with E-state index in [-0.39, 0.29) is 5.82 Å². The molecule has 2 rings (SSSR count). The Hall–Kier alpha value is -1.09. The molecule has 1 aliphatic heterocycles. The third-order valence-corrected chi connectivity index (χ3v) is 4.34. The summed E-state index contributed by atoms with van der Waals surface area (Å²) in [6.45, 7) is 5.77. The highest BCUT2D eigenvalue weighted by atomic mass is 19.1. The molecule has 1 saturated heterocycles. The van der Waals surface area contributed by atoms with Crippen molar-refractivity contribution in [1.82, 2.24) is 0 Å². The van der Waals surface area contributed by atoms with E-state index in [9.17, 15) is 9.50 Å². The molecule has 3 heteroatoms. The molecule has 1 aromatic carbocycles. The maximum atomic E-state index is 14.2. The van der Waals surface area contributed by atoms with Crippen LogP contribution in [0, 0.1) is 11.7 Å². The lowest BCUT2D eigenvalue weighted by Crippen LogP contribution is -2.25. The fourth-order valence-corrected chi connectivity index (χ4v) is 3.14. The van der Waals surface area contributed by atoms with Crippen LogP contribution >= 0.6 is 0 Å². The Bertz CT molecular complexity index is 433. The average molecular weight is 279 g/mol. The number of rotatable bonds is 4. The number of hydrogen-bond donors (Lipinski definition) is 1. The number of benzene rings is 1. The van der Waals surface area contributed by atoms with Crippen LogP contribution in [0.3, 0.4) is 0 Å². The van der Waals surface area contributed by atoms with Crippen LogP contribution in [-0.4, -0.2) is 18.2 Å². The fourth-order valence-electron chi connectivity index (χ4n) is 3.14. The highest BCUT2D eigenvalue weighted by Crippen LogP contribution is 2.28. The van der Waals surface area contributed by atoms with Gasteiger partial charge in [-0.3, -0.25) is 0 Å². The molecule has 1 fully saturated rings. The molecule has 2 atom stereocenters. The number of hydrogen-bond acceptors (Lipinski definition) is 2. The van der Waals surface area contributed by atoms with Gasteiger partial charge in [0.15, 0.2) is 0 Å². The van der Waals surface area contributed by atoms with Crippen molar-refractivity contribution in [3.05, 3.63) is 29.6 Å². The second kappa shape index (κ2) is 7.07. The summed E-state index contributed by atoms with van der Waals surface area (Å²) in [6, 6.07) is 5.11. The monoisotopic (exact) mass is 279 g/mol. The summed E-state index contributed by atoms with van der Waals surface area (Å²) in [7, 11) is 0. The van der Waals surface area contributed by atoms with Crippen LogP contribution in [0.1, 0.15) is 57.6 Å². The first-order valence-electron chi connectivity index (χ1n) is 7.84. The lowest BCUT2D eigenvalue weighted by atomic mass is 9.96. The minimum atomic E-state index is -0.614. The van der Waals surface area contributed by atoms with E-state index < -0.39 is 6.10 Å². The van der Waals surface area contributed by atoms with Crippen molar-refractivity contribution < 1.29 is 9.50 Å². The Morgan fingerprint density at radius 1 is 1.35 bits per heavy atom. The number of aliphatic hydroxyl groups is 1. The maximum Gasteiger partial charge on any atom is 0.146 e. The predicted molar refractivity (Wildman–Crippen MR) is 81.5 cm³/mol. The first-order chi connectivity index (χ1) is 9.61. The molecule has 0 aliphatic carbocycles. The molecule has 1 heterocycles. The van der Waals surface area contributed by atoms with Crippen molar-refractivity contribution >= 4 is 5.69 Å². The van der Waals surface area contributed by atoms with Crippen LogP contribution in [0.5, 0.6) is 0 Å². The van der Waals surface area contributed by atoms with Crippen LogP contribution in [0.2, 0.25) is 0 Å². The van der Waals surface area contributed by atoms with Crippen LogP contribution in [0.15, 0.2) is 18.2 Å². The lowest BCUT2D eigenvalue weighted by molar-refractivity contribution is 0.199. The molecule has 1 N–H and O–H groups in total. The summed E-state index contributed by atoms with van der Waals surface area (Å²) in [4.78, 5) is 2.16.